The maximum absolute atomic E-state index is 14.6. The highest BCUT2D eigenvalue weighted by Crippen LogP contribution is 2.73. The molecule has 3 aromatic carbocycles. The Morgan fingerprint density at radius 1 is 0.966 bits per heavy atom. The average Bonchev–Trinajstić information content (AvgIpc) is 2.73. The van der Waals surface area contributed by atoms with Gasteiger partial charge in [-0.25, -0.2) is 4.67 Å². The smallest absolute Gasteiger partial charge is 0.300 e. The van der Waals surface area contributed by atoms with Crippen molar-refractivity contribution in [1.29, 1.82) is 0 Å². The van der Waals surface area contributed by atoms with E-state index < -0.39 is 6.65 Å². The first-order valence-electron chi connectivity index (χ1n) is 9.41. The lowest BCUT2D eigenvalue weighted by molar-refractivity contribution is 0.343. The van der Waals surface area contributed by atoms with E-state index in [0.29, 0.717) is 10.0 Å². The summed E-state index contributed by atoms with van der Waals surface area (Å²) in [6.07, 6.45) is 0.877. The van der Waals surface area contributed by atoms with Crippen LogP contribution < -0.4 is 4.67 Å². The van der Waals surface area contributed by atoms with Crippen LogP contribution in [-0.2, 0) is 11.0 Å². The summed E-state index contributed by atoms with van der Waals surface area (Å²) in [5.74, 6) is 0. The van der Waals surface area contributed by atoms with Crippen molar-refractivity contribution >= 4 is 46.9 Å². The van der Waals surface area contributed by atoms with E-state index in [4.69, 9.17) is 23.2 Å². The Kier molecular flexibility index (Phi) is 4.97. The molecule has 0 radical (unpaired) electrons. The number of fused-ring (bicyclic) bond motifs is 5. The summed E-state index contributed by atoms with van der Waals surface area (Å²) in [6, 6.07) is 21.8. The second kappa shape index (κ2) is 7.37. The molecular weight excluding hydrogens is 442 g/mol. The zero-order valence-corrected chi connectivity index (χ0v) is 19.0. The minimum atomic E-state index is -2.98. The number of benzene rings is 3. The molecule has 3 aromatic rings. The Morgan fingerprint density at radius 3 is 2.48 bits per heavy atom. The minimum absolute atomic E-state index is 0.0736. The summed E-state index contributed by atoms with van der Waals surface area (Å²) < 4.78 is 18.7. The van der Waals surface area contributed by atoms with E-state index in [1.165, 1.54) is 22.5 Å². The minimum Gasteiger partial charge on any atom is -0.305 e. The average molecular weight is 461 g/mol. The Balaban J connectivity index is 1.69. The quantitative estimate of drug-likeness (QED) is 0.374. The number of hydrogen-bond donors (Lipinski definition) is 0. The fraction of sp³-hybridized carbons (Fsp3) is 0.182. The first-order chi connectivity index (χ1) is 14.0. The molecule has 0 saturated carbocycles. The maximum Gasteiger partial charge on any atom is 0.300 e. The third kappa shape index (κ3) is 3.22. The highest BCUT2D eigenvalue weighted by Gasteiger charge is 2.49. The van der Waals surface area contributed by atoms with Crippen molar-refractivity contribution in [2.24, 2.45) is 0 Å². The molecule has 0 aromatic heterocycles. The van der Waals surface area contributed by atoms with Crippen LogP contribution in [0.1, 0.15) is 22.7 Å². The van der Waals surface area contributed by atoms with E-state index in [2.05, 4.69) is 28.9 Å². The number of rotatable bonds is 2. The molecule has 2 unspecified atom stereocenters. The molecule has 0 N–H and O–H groups in total. The first-order valence-corrected chi connectivity index (χ1v) is 13.2. The van der Waals surface area contributed by atoms with Crippen molar-refractivity contribution in [3.05, 3.63) is 93.5 Å². The fourth-order valence-corrected chi connectivity index (χ4v) is 9.67. The molecular formula is C22H19Cl2N2OPS. The van der Waals surface area contributed by atoms with Gasteiger partial charge in [0.15, 0.2) is 0 Å². The van der Waals surface area contributed by atoms with Gasteiger partial charge in [-0.15, -0.1) is 0 Å². The van der Waals surface area contributed by atoms with Crippen LogP contribution >= 0.6 is 41.2 Å². The molecule has 2 heterocycles. The molecule has 0 aliphatic carbocycles. The predicted octanol–water partition coefficient (Wildman–Crippen LogP) is 7.29. The number of anilines is 1. The van der Waals surface area contributed by atoms with E-state index in [-0.39, 0.29) is 6.04 Å². The highest BCUT2D eigenvalue weighted by atomic mass is 35.5. The van der Waals surface area contributed by atoms with Crippen LogP contribution in [0.15, 0.2) is 71.6 Å². The lowest BCUT2D eigenvalue weighted by Gasteiger charge is -2.49. The summed E-state index contributed by atoms with van der Waals surface area (Å²) in [5, 5.41) is 1.37. The number of nitrogens with zero attached hydrogens (tertiary/aromatic N) is 2. The van der Waals surface area contributed by atoms with E-state index in [9.17, 15) is 4.57 Å². The van der Waals surface area contributed by atoms with Crippen LogP contribution in [-0.4, -0.2) is 18.3 Å². The van der Waals surface area contributed by atoms with Crippen LogP contribution in [0.2, 0.25) is 10.0 Å². The molecule has 2 aliphatic heterocycles. The molecule has 0 spiro atoms. The Labute approximate surface area is 184 Å². The molecule has 2 atom stereocenters. The Hall–Kier alpha value is -1.42. The third-order valence-electron chi connectivity index (χ3n) is 5.63. The van der Waals surface area contributed by atoms with Crippen molar-refractivity contribution in [2.75, 3.05) is 18.3 Å². The van der Waals surface area contributed by atoms with Gasteiger partial charge in [-0.3, -0.25) is 4.57 Å². The molecule has 2 aliphatic rings. The van der Waals surface area contributed by atoms with E-state index in [1.807, 2.05) is 54.2 Å². The van der Waals surface area contributed by atoms with Crippen LogP contribution in [0, 0.1) is 0 Å². The summed E-state index contributed by atoms with van der Waals surface area (Å²) in [5.41, 5.74) is 4.60. The van der Waals surface area contributed by atoms with Crippen LogP contribution in [0.4, 0.5) is 5.69 Å². The van der Waals surface area contributed by atoms with Gasteiger partial charge >= 0.3 is 6.65 Å². The zero-order chi connectivity index (χ0) is 20.2. The summed E-state index contributed by atoms with van der Waals surface area (Å²) in [6.45, 7) is -2.25. The lowest BCUT2D eigenvalue weighted by Crippen LogP contribution is -2.41. The Morgan fingerprint density at radius 2 is 1.69 bits per heavy atom. The molecule has 29 heavy (non-hydrogen) atoms. The topological polar surface area (TPSA) is 23.6 Å². The zero-order valence-electron chi connectivity index (χ0n) is 15.8. The maximum atomic E-state index is 14.6. The SMILES string of the molecule is CN1c2ccc(Cl)cc2C2c3ccccc3CCN2P1(=O)Sc1ccc(Cl)cc1. The van der Waals surface area contributed by atoms with Crippen molar-refractivity contribution in [3.63, 3.8) is 0 Å². The van der Waals surface area contributed by atoms with Gasteiger partial charge in [-0.2, -0.15) is 0 Å². The number of halogens is 2. The standard InChI is InChI=1S/C22H19Cl2N2OPS/c1-25-21-11-8-17(24)14-20(21)22-19-5-3-2-4-15(19)12-13-26(22)28(25,27)29-18-9-6-16(23)7-10-18/h2-11,14,22H,12-13H2,1H3. The summed E-state index contributed by atoms with van der Waals surface area (Å²) in [7, 11) is 1.92. The van der Waals surface area contributed by atoms with Gasteiger partial charge in [-0.1, -0.05) is 47.5 Å². The van der Waals surface area contributed by atoms with E-state index >= 15 is 0 Å². The van der Waals surface area contributed by atoms with Gasteiger partial charge in [0.05, 0.1) is 6.04 Å². The van der Waals surface area contributed by atoms with Crippen molar-refractivity contribution in [2.45, 2.75) is 17.4 Å². The first kappa shape index (κ1) is 19.5. The molecule has 0 amide bonds. The molecule has 5 rings (SSSR count). The molecule has 148 valence electrons. The van der Waals surface area contributed by atoms with Gasteiger partial charge in [-0.05, 0) is 77.0 Å². The van der Waals surface area contributed by atoms with Gasteiger partial charge in [0.1, 0.15) is 0 Å². The van der Waals surface area contributed by atoms with Gasteiger partial charge < -0.3 is 4.67 Å². The molecule has 0 fully saturated rings. The van der Waals surface area contributed by atoms with Gasteiger partial charge in [0.2, 0.25) is 0 Å². The largest absolute Gasteiger partial charge is 0.305 e. The van der Waals surface area contributed by atoms with Crippen LogP contribution in [0.5, 0.6) is 0 Å². The molecule has 7 heteroatoms. The van der Waals surface area contributed by atoms with Gasteiger partial charge in [0, 0.05) is 34.2 Å². The molecule has 0 bridgehead atoms. The molecule has 0 saturated heterocycles. The third-order valence-corrected chi connectivity index (χ3v) is 11.6. The second-order valence-corrected chi connectivity index (χ2v) is 12.9. The van der Waals surface area contributed by atoms with Crippen molar-refractivity contribution in [1.82, 2.24) is 4.67 Å². The van der Waals surface area contributed by atoms with Crippen LogP contribution in [0.3, 0.4) is 0 Å². The van der Waals surface area contributed by atoms with Crippen molar-refractivity contribution < 1.29 is 4.57 Å². The lowest BCUT2D eigenvalue weighted by atomic mass is 9.89. The number of hydrogen-bond acceptors (Lipinski definition) is 2. The van der Waals surface area contributed by atoms with E-state index in [1.54, 1.807) is 0 Å². The fourth-order valence-electron chi connectivity index (χ4n) is 4.25. The molecule has 3 nitrogen and oxygen atoms in total. The second-order valence-electron chi connectivity index (χ2n) is 7.28. The predicted molar refractivity (Wildman–Crippen MR) is 123 cm³/mol. The normalized spacial score (nSPS) is 23.3. The van der Waals surface area contributed by atoms with Crippen LogP contribution in [0.25, 0.3) is 0 Å². The van der Waals surface area contributed by atoms with Crippen molar-refractivity contribution in [3.8, 4) is 0 Å². The van der Waals surface area contributed by atoms with Gasteiger partial charge in [0.25, 0.3) is 0 Å². The highest BCUT2D eigenvalue weighted by molar-refractivity contribution is 8.57. The Bertz CT molecular complexity index is 1140. The van der Waals surface area contributed by atoms with E-state index in [0.717, 1.165) is 29.1 Å². The summed E-state index contributed by atoms with van der Waals surface area (Å²) >= 11 is 13.9. The summed E-state index contributed by atoms with van der Waals surface area (Å²) in [4.78, 5) is 0.944. The monoisotopic (exact) mass is 460 g/mol.